The molecule has 0 aliphatic heterocycles. The van der Waals surface area contributed by atoms with Gasteiger partial charge in [0.15, 0.2) is 5.16 Å². The molecule has 33 heavy (non-hydrogen) atoms. The van der Waals surface area contributed by atoms with Crippen molar-refractivity contribution in [2.24, 2.45) is 0 Å². The van der Waals surface area contributed by atoms with E-state index in [0.29, 0.717) is 30.5 Å². The zero-order valence-electron chi connectivity index (χ0n) is 18.6. The fourth-order valence-corrected chi connectivity index (χ4v) is 4.24. The van der Waals surface area contributed by atoms with Crippen molar-refractivity contribution in [1.82, 2.24) is 20.1 Å². The van der Waals surface area contributed by atoms with Gasteiger partial charge in [-0.15, -0.1) is 10.2 Å². The number of amides is 1. The number of hydrogen-bond donors (Lipinski definition) is 1. The topological polar surface area (TPSA) is 82.2 Å². The summed E-state index contributed by atoms with van der Waals surface area (Å²) >= 11 is 1.37. The average Bonchev–Trinajstić information content (AvgIpc) is 3.49. The van der Waals surface area contributed by atoms with Crippen LogP contribution in [-0.4, -0.2) is 32.5 Å². The molecule has 2 aromatic heterocycles. The lowest BCUT2D eigenvalue weighted by Gasteiger charge is -2.14. The van der Waals surface area contributed by atoms with Crippen molar-refractivity contribution in [2.75, 3.05) is 6.61 Å². The molecule has 0 saturated heterocycles. The fraction of sp³-hybridized carbons (Fsp3) is 0.240. The second-order valence-electron chi connectivity index (χ2n) is 7.38. The summed E-state index contributed by atoms with van der Waals surface area (Å²) in [5.41, 5.74) is 2.05. The first-order valence-electron chi connectivity index (χ1n) is 10.8. The minimum atomic E-state index is -0.366. The maximum Gasteiger partial charge on any atom is 0.233 e. The van der Waals surface area contributed by atoms with E-state index in [1.807, 2.05) is 66.9 Å². The molecule has 0 aliphatic rings. The number of furan rings is 1. The van der Waals surface area contributed by atoms with E-state index >= 15 is 0 Å². The van der Waals surface area contributed by atoms with Gasteiger partial charge in [0, 0.05) is 12.1 Å². The SMILES string of the molecule is CCOc1ccc(-n2c(Cc3ccccc3)nnc2SC(C)C(=O)NCc2ccco2)cc1. The Morgan fingerprint density at radius 3 is 2.58 bits per heavy atom. The Bertz CT molecular complexity index is 1160. The molecule has 4 rings (SSSR count). The van der Waals surface area contributed by atoms with E-state index < -0.39 is 0 Å². The van der Waals surface area contributed by atoms with Crippen LogP contribution in [0, 0.1) is 0 Å². The van der Waals surface area contributed by atoms with E-state index in [1.165, 1.54) is 11.8 Å². The summed E-state index contributed by atoms with van der Waals surface area (Å²) in [6.45, 7) is 4.77. The van der Waals surface area contributed by atoms with E-state index in [4.69, 9.17) is 9.15 Å². The van der Waals surface area contributed by atoms with Gasteiger partial charge < -0.3 is 14.5 Å². The molecule has 0 saturated carbocycles. The van der Waals surface area contributed by atoms with Crippen LogP contribution in [-0.2, 0) is 17.8 Å². The molecule has 1 atom stereocenters. The summed E-state index contributed by atoms with van der Waals surface area (Å²) < 4.78 is 12.9. The first kappa shape index (κ1) is 22.7. The van der Waals surface area contributed by atoms with Crippen LogP contribution in [0.3, 0.4) is 0 Å². The Morgan fingerprint density at radius 2 is 1.88 bits per heavy atom. The lowest BCUT2D eigenvalue weighted by molar-refractivity contribution is -0.120. The minimum absolute atomic E-state index is 0.0951. The Labute approximate surface area is 197 Å². The van der Waals surface area contributed by atoms with Gasteiger partial charge in [-0.1, -0.05) is 42.1 Å². The molecule has 170 valence electrons. The smallest absolute Gasteiger partial charge is 0.233 e. The highest BCUT2D eigenvalue weighted by molar-refractivity contribution is 8.00. The molecule has 0 bridgehead atoms. The van der Waals surface area contributed by atoms with Gasteiger partial charge in [-0.05, 0) is 55.8 Å². The summed E-state index contributed by atoms with van der Waals surface area (Å²) in [5.74, 6) is 2.22. The maximum absolute atomic E-state index is 12.7. The molecular weight excluding hydrogens is 436 g/mol. The molecule has 2 heterocycles. The van der Waals surface area contributed by atoms with E-state index in [-0.39, 0.29) is 11.2 Å². The van der Waals surface area contributed by atoms with Gasteiger partial charge in [-0.25, -0.2) is 0 Å². The lowest BCUT2D eigenvalue weighted by Crippen LogP contribution is -2.30. The van der Waals surface area contributed by atoms with Gasteiger partial charge in [-0.2, -0.15) is 0 Å². The first-order valence-corrected chi connectivity index (χ1v) is 11.7. The van der Waals surface area contributed by atoms with Crippen molar-refractivity contribution in [2.45, 2.75) is 37.2 Å². The summed E-state index contributed by atoms with van der Waals surface area (Å²) in [4.78, 5) is 12.7. The zero-order valence-corrected chi connectivity index (χ0v) is 19.4. The highest BCUT2D eigenvalue weighted by Crippen LogP contribution is 2.28. The van der Waals surface area contributed by atoms with Crippen LogP contribution in [0.15, 0.2) is 82.6 Å². The molecule has 0 aliphatic carbocycles. The molecular formula is C25H26N4O3S. The monoisotopic (exact) mass is 462 g/mol. The standard InChI is InChI=1S/C25H26N4O3S/c1-3-31-21-13-11-20(12-14-21)29-23(16-19-8-5-4-6-9-19)27-28-25(29)33-18(2)24(30)26-17-22-10-7-15-32-22/h4-15,18H,3,16-17H2,1-2H3,(H,26,30). The van der Waals surface area contributed by atoms with Gasteiger partial charge in [0.2, 0.25) is 5.91 Å². The van der Waals surface area contributed by atoms with Gasteiger partial charge in [0.25, 0.3) is 0 Å². The van der Waals surface area contributed by atoms with Crippen LogP contribution in [0.4, 0.5) is 0 Å². The van der Waals surface area contributed by atoms with Crippen molar-refractivity contribution in [1.29, 1.82) is 0 Å². The quantitative estimate of drug-likeness (QED) is 0.346. The highest BCUT2D eigenvalue weighted by atomic mass is 32.2. The molecule has 8 heteroatoms. The number of hydrogen-bond acceptors (Lipinski definition) is 6. The van der Waals surface area contributed by atoms with Gasteiger partial charge in [0.05, 0.1) is 24.7 Å². The summed E-state index contributed by atoms with van der Waals surface area (Å²) in [7, 11) is 0. The van der Waals surface area contributed by atoms with E-state index in [9.17, 15) is 4.79 Å². The van der Waals surface area contributed by atoms with Crippen LogP contribution in [0.1, 0.15) is 31.0 Å². The van der Waals surface area contributed by atoms with Gasteiger partial charge in [0.1, 0.15) is 17.3 Å². The summed E-state index contributed by atoms with van der Waals surface area (Å²) in [5, 5.41) is 12.1. The number of thioether (sulfide) groups is 1. The highest BCUT2D eigenvalue weighted by Gasteiger charge is 2.21. The molecule has 1 N–H and O–H groups in total. The predicted octanol–water partition coefficient (Wildman–Crippen LogP) is 4.65. The second kappa shape index (κ2) is 10.9. The van der Waals surface area contributed by atoms with Crippen molar-refractivity contribution in [3.8, 4) is 11.4 Å². The molecule has 0 radical (unpaired) electrons. The Kier molecular flexibility index (Phi) is 7.47. The van der Waals surface area contributed by atoms with Gasteiger partial charge in [-0.3, -0.25) is 9.36 Å². The van der Waals surface area contributed by atoms with Crippen LogP contribution in [0.5, 0.6) is 5.75 Å². The summed E-state index contributed by atoms with van der Waals surface area (Å²) in [6.07, 6.45) is 2.22. The van der Waals surface area contributed by atoms with Crippen molar-refractivity contribution >= 4 is 17.7 Å². The Balaban J connectivity index is 1.56. The van der Waals surface area contributed by atoms with Crippen molar-refractivity contribution in [3.63, 3.8) is 0 Å². The first-order chi connectivity index (χ1) is 16.1. The normalized spacial score (nSPS) is 11.8. The number of aromatic nitrogens is 3. The molecule has 0 fully saturated rings. The second-order valence-corrected chi connectivity index (χ2v) is 8.69. The lowest BCUT2D eigenvalue weighted by atomic mass is 10.1. The van der Waals surface area contributed by atoms with Gasteiger partial charge >= 0.3 is 0 Å². The minimum Gasteiger partial charge on any atom is -0.494 e. The number of nitrogens with zero attached hydrogens (tertiary/aromatic N) is 3. The molecule has 0 spiro atoms. The van der Waals surface area contributed by atoms with Crippen molar-refractivity contribution < 1.29 is 13.9 Å². The molecule has 4 aromatic rings. The van der Waals surface area contributed by atoms with Crippen molar-refractivity contribution in [3.05, 3.63) is 90.1 Å². The largest absolute Gasteiger partial charge is 0.494 e. The molecule has 1 unspecified atom stereocenters. The van der Waals surface area contributed by atoms with Crippen LogP contribution >= 0.6 is 11.8 Å². The van der Waals surface area contributed by atoms with E-state index in [0.717, 1.165) is 22.8 Å². The number of benzene rings is 2. The van der Waals surface area contributed by atoms with E-state index in [1.54, 1.807) is 12.3 Å². The number of ether oxygens (including phenoxy) is 1. The molecule has 2 aromatic carbocycles. The van der Waals surface area contributed by atoms with Crippen LogP contribution < -0.4 is 10.1 Å². The maximum atomic E-state index is 12.7. The van der Waals surface area contributed by atoms with E-state index in [2.05, 4.69) is 27.6 Å². The third kappa shape index (κ3) is 5.84. The molecule has 7 nitrogen and oxygen atoms in total. The average molecular weight is 463 g/mol. The third-order valence-electron chi connectivity index (χ3n) is 4.98. The number of nitrogens with one attached hydrogen (secondary N) is 1. The Hall–Kier alpha value is -3.52. The zero-order chi connectivity index (χ0) is 23.0. The predicted molar refractivity (Wildman–Crippen MR) is 128 cm³/mol. The number of carbonyl (C=O) groups is 1. The van der Waals surface area contributed by atoms with Crippen LogP contribution in [0.2, 0.25) is 0 Å². The third-order valence-corrected chi connectivity index (χ3v) is 6.02. The number of rotatable bonds is 10. The Morgan fingerprint density at radius 1 is 1.09 bits per heavy atom. The fourth-order valence-electron chi connectivity index (χ4n) is 3.33. The van der Waals surface area contributed by atoms with Crippen LogP contribution in [0.25, 0.3) is 5.69 Å². The molecule has 1 amide bonds. The number of carbonyl (C=O) groups excluding carboxylic acids is 1. The summed E-state index contributed by atoms with van der Waals surface area (Å²) in [6, 6.07) is 21.6.